The molecule has 0 aliphatic rings. The Morgan fingerprint density at radius 1 is 1.39 bits per heavy atom. The van der Waals surface area contributed by atoms with Crippen molar-refractivity contribution in [1.29, 1.82) is 0 Å². The Hall–Kier alpha value is -1.60. The molecule has 7 heteroatoms. The number of aliphatic hydroxyl groups excluding tert-OH is 2. The second-order valence-corrected chi connectivity index (χ2v) is 7.12. The van der Waals surface area contributed by atoms with Crippen LogP contribution >= 0.6 is 0 Å². The molecule has 7 nitrogen and oxygen atoms in total. The van der Waals surface area contributed by atoms with E-state index in [4.69, 9.17) is 4.74 Å². The highest BCUT2D eigenvalue weighted by atomic mass is 16.6. The number of aliphatic hydroxyl groups is 2. The maximum atomic E-state index is 11.5. The number of ether oxygens (including phenoxy) is 1. The second kappa shape index (κ2) is 8.31. The van der Waals surface area contributed by atoms with Gasteiger partial charge in [-0.25, -0.2) is 4.79 Å². The fraction of sp³-hybridized carbons (Fsp3) is 0.750. The van der Waals surface area contributed by atoms with Crippen molar-refractivity contribution in [2.45, 2.75) is 65.4 Å². The first-order chi connectivity index (χ1) is 10.6. The van der Waals surface area contributed by atoms with Gasteiger partial charge < -0.3 is 20.3 Å². The van der Waals surface area contributed by atoms with E-state index in [1.807, 2.05) is 0 Å². The number of hydrogen-bond donors (Lipinski definition) is 3. The number of aromatic nitrogens is 2. The largest absolute Gasteiger partial charge is 0.444 e. The Morgan fingerprint density at radius 2 is 2.04 bits per heavy atom. The maximum absolute atomic E-state index is 11.5. The summed E-state index contributed by atoms with van der Waals surface area (Å²) in [4.78, 5) is 11.5. The van der Waals surface area contributed by atoms with E-state index in [0.717, 1.165) is 6.54 Å². The van der Waals surface area contributed by atoms with E-state index in [1.165, 1.54) is 0 Å². The third-order valence-corrected chi connectivity index (χ3v) is 3.02. The van der Waals surface area contributed by atoms with Crippen LogP contribution in [-0.2, 0) is 11.3 Å². The summed E-state index contributed by atoms with van der Waals surface area (Å²) in [6, 6.07) is 0. The lowest BCUT2D eigenvalue weighted by atomic mass is 10.1. The lowest BCUT2D eigenvalue weighted by molar-refractivity contribution is 0.0122. The molecule has 0 saturated carbocycles. The molecule has 1 heterocycles. The molecule has 1 amide bonds. The lowest BCUT2D eigenvalue weighted by Crippen LogP contribution is -2.34. The zero-order chi connectivity index (χ0) is 17.6. The van der Waals surface area contributed by atoms with Gasteiger partial charge in [0.25, 0.3) is 0 Å². The molecule has 132 valence electrons. The van der Waals surface area contributed by atoms with E-state index in [2.05, 4.69) is 24.3 Å². The molecular formula is C16H29N3O4. The third-order valence-electron chi connectivity index (χ3n) is 3.02. The summed E-state index contributed by atoms with van der Waals surface area (Å²) in [5, 5.41) is 26.9. The molecule has 0 saturated heterocycles. The predicted octanol–water partition coefficient (Wildman–Crippen LogP) is 1.85. The summed E-state index contributed by atoms with van der Waals surface area (Å²) in [6.45, 7) is 10.5. The highest BCUT2D eigenvalue weighted by Gasteiger charge is 2.21. The minimum atomic E-state index is -1.03. The van der Waals surface area contributed by atoms with Crippen LogP contribution in [-0.4, -0.2) is 44.3 Å². The average molecular weight is 327 g/mol. The topological polar surface area (TPSA) is 96.6 Å². The SMILES string of the molecule is CC(C)Cn1cc(C(O)C(O)CCNC(=O)OC(C)(C)C)cn1. The molecule has 1 aromatic heterocycles. The van der Waals surface area contributed by atoms with E-state index < -0.39 is 23.9 Å². The van der Waals surface area contributed by atoms with Gasteiger partial charge in [-0.2, -0.15) is 5.10 Å². The number of carbonyl (C=O) groups is 1. The Bertz CT molecular complexity index is 494. The molecule has 0 bridgehead atoms. The highest BCUT2D eigenvalue weighted by molar-refractivity contribution is 5.67. The van der Waals surface area contributed by atoms with E-state index in [-0.39, 0.29) is 13.0 Å². The molecule has 1 aromatic rings. The number of carbonyl (C=O) groups excluding carboxylic acids is 1. The first-order valence-corrected chi connectivity index (χ1v) is 7.94. The predicted molar refractivity (Wildman–Crippen MR) is 86.9 cm³/mol. The Kier molecular flexibility index (Phi) is 7.02. The standard InChI is InChI=1S/C16H29N3O4/c1-11(2)9-19-10-12(8-18-19)14(21)13(20)6-7-17-15(22)23-16(3,4)5/h8,10-11,13-14,20-21H,6-7,9H2,1-5H3,(H,17,22). The van der Waals surface area contributed by atoms with Crippen LogP contribution in [0.4, 0.5) is 4.79 Å². The second-order valence-electron chi connectivity index (χ2n) is 7.12. The summed E-state index contributed by atoms with van der Waals surface area (Å²) < 4.78 is 6.84. The number of nitrogens with zero attached hydrogens (tertiary/aromatic N) is 2. The molecule has 0 radical (unpaired) electrons. The number of alkyl carbamates (subject to hydrolysis) is 1. The van der Waals surface area contributed by atoms with Crippen LogP contribution in [0.2, 0.25) is 0 Å². The van der Waals surface area contributed by atoms with Crippen LogP contribution in [0.3, 0.4) is 0 Å². The zero-order valence-electron chi connectivity index (χ0n) is 14.6. The van der Waals surface area contributed by atoms with Gasteiger partial charge in [-0.05, 0) is 33.1 Å². The summed E-state index contributed by atoms with van der Waals surface area (Å²) in [5.41, 5.74) is 0.00291. The molecule has 0 fully saturated rings. The molecule has 0 spiro atoms. The molecule has 3 N–H and O–H groups in total. The third kappa shape index (κ3) is 7.47. The molecule has 0 aliphatic carbocycles. The smallest absolute Gasteiger partial charge is 0.407 e. The molecule has 2 unspecified atom stereocenters. The van der Waals surface area contributed by atoms with Crippen LogP contribution in [0.1, 0.15) is 52.7 Å². The van der Waals surface area contributed by atoms with Gasteiger partial charge in [0, 0.05) is 24.8 Å². The van der Waals surface area contributed by atoms with Crippen molar-refractivity contribution in [1.82, 2.24) is 15.1 Å². The van der Waals surface area contributed by atoms with Gasteiger partial charge in [-0.3, -0.25) is 4.68 Å². The molecule has 23 heavy (non-hydrogen) atoms. The first-order valence-electron chi connectivity index (χ1n) is 7.94. The van der Waals surface area contributed by atoms with Crippen molar-refractivity contribution in [2.24, 2.45) is 5.92 Å². The molecule has 0 aromatic carbocycles. The molecule has 1 rings (SSSR count). The summed E-state index contributed by atoms with van der Waals surface area (Å²) in [5.74, 6) is 0.447. The van der Waals surface area contributed by atoms with Crippen molar-refractivity contribution >= 4 is 6.09 Å². The van der Waals surface area contributed by atoms with Gasteiger partial charge in [-0.1, -0.05) is 13.8 Å². The highest BCUT2D eigenvalue weighted by Crippen LogP contribution is 2.18. The Morgan fingerprint density at radius 3 is 2.61 bits per heavy atom. The Labute approximate surface area is 137 Å². The molecule has 0 aliphatic heterocycles. The minimum Gasteiger partial charge on any atom is -0.444 e. The maximum Gasteiger partial charge on any atom is 0.407 e. The van der Waals surface area contributed by atoms with E-state index in [9.17, 15) is 15.0 Å². The van der Waals surface area contributed by atoms with Gasteiger partial charge in [0.05, 0.1) is 12.3 Å². The number of amides is 1. The van der Waals surface area contributed by atoms with Crippen LogP contribution < -0.4 is 5.32 Å². The van der Waals surface area contributed by atoms with Gasteiger partial charge in [0.15, 0.2) is 0 Å². The fourth-order valence-electron chi connectivity index (χ4n) is 2.02. The normalized spacial score (nSPS) is 14.6. The summed E-state index contributed by atoms with van der Waals surface area (Å²) in [7, 11) is 0. The van der Waals surface area contributed by atoms with E-state index >= 15 is 0 Å². The van der Waals surface area contributed by atoms with Gasteiger partial charge >= 0.3 is 6.09 Å². The number of hydrogen-bond acceptors (Lipinski definition) is 5. The lowest BCUT2D eigenvalue weighted by Gasteiger charge is -2.20. The minimum absolute atomic E-state index is 0.216. The van der Waals surface area contributed by atoms with Crippen molar-refractivity contribution < 1.29 is 19.7 Å². The van der Waals surface area contributed by atoms with Crippen LogP contribution in [0.15, 0.2) is 12.4 Å². The average Bonchev–Trinajstić information content (AvgIpc) is 2.83. The van der Waals surface area contributed by atoms with Crippen LogP contribution in [0.25, 0.3) is 0 Å². The van der Waals surface area contributed by atoms with Crippen molar-refractivity contribution in [3.05, 3.63) is 18.0 Å². The first kappa shape index (κ1) is 19.4. The number of nitrogens with one attached hydrogen (secondary N) is 1. The van der Waals surface area contributed by atoms with Crippen LogP contribution in [0.5, 0.6) is 0 Å². The van der Waals surface area contributed by atoms with Gasteiger partial charge in [0.1, 0.15) is 11.7 Å². The monoisotopic (exact) mass is 327 g/mol. The van der Waals surface area contributed by atoms with E-state index in [1.54, 1.807) is 37.8 Å². The zero-order valence-corrected chi connectivity index (χ0v) is 14.6. The summed E-state index contributed by atoms with van der Waals surface area (Å²) >= 11 is 0. The van der Waals surface area contributed by atoms with Crippen molar-refractivity contribution in [3.63, 3.8) is 0 Å². The van der Waals surface area contributed by atoms with Crippen molar-refractivity contribution in [3.8, 4) is 0 Å². The fourth-order valence-corrected chi connectivity index (χ4v) is 2.02. The number of rotatable bonds is 7. The quantitative estimate of drug-likeness (QED) is 0.710. The Balaban J connectivity index is 2.40. The van der Waals surface area contributed by atoms with Crippen molar-refractivity contribution in [2.75, 3.05) is 6.54 Å². The summed E-state index contributed by atoms with van der Waals surface area (Å²) in [6.07, 6.45) is 0.949. The molecular weight excluding hydrogens is 298 g/mol. The van der Waals surface area contributed by atoms with Gasteiger partial charge in [-0.15, -0.1) is 0 Å². The van der Waals surface area contributed by atoms with Crippen LogP contribution in [0, 0.1) is 5.92 Å². The van der Waals surface area contributed by atoms with Gasteiger partial charge in [0.2, 0.25) is 0 Å². The molecule has 2 atom stereocenters. The van der Waals surface area contributed by atoms with E-state index in [0.29, 0.717) is 11.5 Å².